The SMILES string of the molecule is C[Si-](C)(C)c1ccc(N(c2ccc(F)cc2)c2cc3c(c4ccccc24)-c2c(ccc4ccccc24)C32c3ccccc3N(c3ccccc3)c3ccccc32)cc1. The molecule has 1 spiro atoms. The van der Waals surface area contributed by atoms with Crippen LogP contribution in [0, 0.1) is 5.82 Å². The summed E-state index contributed by atoms with van der Waals surface area (Å²) in [6.45, 7) is 7.15. The molecule has 1 aliphatic carbocycles. The lowest BCUT2D eigenvalue weighted by atomic mass is 9.64. The smallest absolute Gasteiger partial charge is 0.123 e. The molecule has 0 unspecified atom stereocenters. The zero-order valence-electron chi connectivity index (χ0n) is 32.7. The second-order valence-electron chi connectivity index (χ2n) is 16.6. The molecule has 2 aliphatic rings. The molecule has 279 valence electrons. The normalized spacial score (nSPS) is 13.6. The highest BCUT2D eigenvalue weighted by atomic mass is 28.3. The van der Waals surface area contributed by atoms with E-state index in [9.17, 15) is 4.39 Å². The van der Waals surface area contributed by atoms with Gasteiger partial charge in [-0.3, -0.25) is 0 Å². The second-order valence-corrected chi connectivity index (χ2v) is 21.7. The summed E-state index contributed by atoms with van der Waals surface area (Å²) in [7, 11) is -1.57. The van der Waals surface area contributed by atoms with Crippen molar-refractivity contribution in [2.24, 2.45) is 0 Å². The monoisotopic (exact) mass is 764 g/mol. The van der Waals surface area contributed by atoms with Crippen molar-refractivity contribution >= 4 is 68.9 Å². The number of halogens is 1. The minimum Gasteiger partial charge on any atom is -0.310 e. The first-order valence-electron chi connectivity index (χ1n) is 20.1. The summed E-state index contributed by atoms with van der Waals surface area (Å²) >= 11 is 0. The number of benzene rings is 9. The molecule has 11 rings (SSSR count). The molecular formula is C54H41FN2Si-. The van der Waals surface area contributed by atoms with Gasteiger partial charge in [0.15, 0.2) is 0 Å². The van der Waals surface area contributed by atoms with Crippen molar-refractivity contribution in [1.29, 1.82) is 0 Å². The van der Waals surface area contributed by atoms with Crippen molar-refractivity contribution in [3.05, 3.63) is 222 Å². The molecule has 58 heavy (non-hydrogen) atoms. The number of rotatable bonds is 5. The summed E-state index contributed by atoms with van der Waals surface area (Å²) < 4.78 is 14.7. The van der Waals surface area contributed by atoms with E-state index in [1.165, 1.54) is 54.7 Å². The van der Waals surface area contributed by atoms with Crippen LogP contribution in [0.15, 0.2) is 194 Å². The Morgan fingerprint density at radius 2 is 1.00 bits per heavy atom. The molecule has 0 saturated heterocycles. The van der Waals surface area contributed by atoms with Crippen LogP contribution in [0.25, 0.3) is 32.7 Å². The lowest BCUT2D eigenvalue weighted by Gasteiger charge is -2.45. The minimum atomic E-state index is -1.57. The van der Waals surface area contributed by atoms with Crippen LogP contribution in [-0.2, 0) is 5.41 Å². The predicted octanol–water partition coefficient (Wildman–Crippen LogP) is 14.3. The molecule has 0 saturated carbocycles. The van der Waals surface area contributed by atoms with Crippen LogP contribution in [0.3, 0.4) is 0 Å². The van der Waals surface area contributed by atoms with E-state index in [1.54, 1.807) is 12.1 Å². The molecule has 1 heterocycles. The molecule has 4 heteroatoms. The van der Waals surface area contributed by atoms with Gasteiger partial charge in [0.05, 0.1) is 22.5 Å². The van der Waals surface area contributed by atoms with Crippen molar-refractivity contribution in [2.45, 2.75) is 25.1 Å². The Hall–Kier alpha value is -6.75. The second kappa shape index (κ2) is 12.9. The van der Waals surface area contributed by atoms with Crippen molar-refractivity contribution < 1.29 is 4.39 Å². The summed E-state index contributed by atoms with van der Waals surface area (Å²) in [6.07, 6.45) is 0. The maximum atomic E-state index is 14.7. The summed E-state index contributed by atoms with van der Waals surface area (Å²) in [5.41, 5.74) is 13.3. The average molecular weight is 765 g/mol. The van der Waals surface area contributed by atoms with E-state index in [1.807, 2.05) is 12.1 Å². The van der Waals surface area contributed by atoms with E-state index in [4.69, 9.17) is 0 Å². The van der Waals surface area contributed by atoms with Crippen LogP contribution in [0.2, 0.25) is 19.6 Å². The lowest BCUT2D eigenvalue weighted by molar-refractivity contribution is 0.628. The Kier molecular flexibility index (Phi) is 7.66. The Morgan fingerprint density at radius 3 is 1.66 bits per heavy atom. The van der Waals surface area contributed by atoms with Gasteiger partial charge in [-0.2, -0.15) is 24.8 Å². The molecule has 0 atom stereocenters. The highest BCUT2D eigenvalue weighted by Gasteiger charge is 2.53. The molecule has 0 fully saturated rings. The molecule has 2 nitrogen and oxygen atoms in total. The molecule has 0 bridgehead atoms. The third kappa shape index (κ3) is 4.95. The van der Waals surface area contributed by atoms with E-state index in [0.29, 0.717) is 0 Å². The average Bonchev–Trinajstić information content (AvgIpc) is 3.56. The standard InChI is InChI=1S/C54H41FN2Si/c1-58(2,3)41-32-30-40(31-33-41)56(39-28-26-37(55)27-29-39)51-35-48-53(44-20-10-9-19-43(44)51)52-42-18-8-7-15-36(42)25-34-47(52)54(48)45-21-11-13-23-49(45)57(38-16-5-4-6-17-38)50-24-14-12-22-46(50)54/h4-35H,1-3H3/q-1. The van der Waals surface area contributed by atoms with Crippen LogP contribution in [0.5, 0.6) is 0 Å². The fraction of sp³-hybridized carbons (Fsp3) is 0.0741. The van der Waals surface area contributed by atoms with Gasteiger partial charge < -0.3 is 9.80 Å². The topological polar surface area (TPSA) is 6.48 Å². The number of para-hydroxylation sites is 3. The lowest BCUT2D eigenvalue weighted by Crippen LogP contribution is -2.37. The third-order valence-electron chi connectivity index (χ3n) is 12.4. The highest BCUT2D eigenvalue weighted by molar-refractivity contribution is 6.88. The Balaban J connectivity index is 1.30. The summed E-state index contributed by atoms with van der Waals surface area (Å²) in [5.74, 6) is -0.253. The Bertz CT molecular complexity index is 3010. The van der Waals surface area contributed by atoms with Gasteiger partial charge in [-0.25, -0.2) is 4.39 Å². The van der Waals surface area contributed by atoms with Gasteiger partial charge in [-0.05, 0) is 116 Å². The van der Waals surface area contributed by atoms with Crippen molar-refractivity contribution in [2.75, 3.05) is 9.80 Å². The van der Waals surface area contributed by atoms with Gasteiger partial charge in [0.1, 0.15) is 5.82 Å². The van der Waals surface area contributed by atoms with Gasteiger partial charge in [0.2, 0.25) is 0 Å². The van der Waals surface area contributed by atoms with Gasteiger partial charge in [0, 0.05) is 22.4 Å². The first-order chi connectivity index (χ1) is 28.3. The zero-order valence-corrected chi connectivity index (χ0v) is 33.7. The molecule has 9 aromatic rings. The first-order valence-corrected chi connectivity index (χ1v) is 23.6. The van der Waals surface area contributed by atoms with E-state index in [0.717, 1.165) is 39.5 Å². The fourth-order valence-corrected chi connectivity index (χ4v) is 11.1. The molecule has 9 aromatic carbocycles. The van der Waals surface area contributed by atoms with Crippen LogP contribution in [-0.4, -0.2) is 8.07 Å². The van der Waals surface area contributed by atoms with Crippen LogP contribution >= 0.6 is 0 Å². The molecule has 0 radical (unpaired) electrons. The van der Waals surface area contributed by atoms with Gasteiger partial charge in [-0.1, -0.05) is 127 Å². The largest absolute Gasteiger partial charge is 0.310 e. The fourth-order valence-electron chi connectivity index (χ4n) is 9.91. The molecule has 1 aliphatic heterocycles. The molecular weight excluding hydrogens is 724 g/mol. The van der Waals surface area contributed by atoms with Gasteiger partial charge in [-0.15, -0.1) is 8.07 Å². The van der Waals surface area contributed by atoms with Crippen molar-refractivity contribution in [1.82, 2.24) is 0 Å². The first kappa shape index (κ1) is 34.5. The van der Waals surface area contributed by atoms with Crippen molar-refractivity contribution in [3.63, 3.8) is 0 Å². The van der Waals surface area contributed by atoms with Gasteiger partial charge >= 0.3 is 0 Å². The van der Waals surface area contributed by atoms with E-state index in [2.05, 4.69) is 199 Å². The third-order valence-corrected chi connectivity index (χ3v) is 14.5. The zero-order chi connectivity index (χ0) is 39.2. The number of anilines is 6. The molecule has 0 N–H and O–H groups in total. The van der Waals surface area contributed by atoms with Gasteiger partial charge in [0.25, 0.3) is 0 Å². The predicted molar refractivity (Wildman–Crippen MR) is 245 cm³/mol. The number of nitrogens with zero attached hydrogens (tertiary/aromatic N) is 2. The number of fused-ring (bicyclic) bond motifs is 13. The van der Waals surface area contributed by atoms with Crippen molar-refractivity contribution in [3.8, 4) is 11.1 Å². The number of hydrogen-bond donors (Lipinski definition) is 0. The van der Waals surface area contributed by atoms with Crippen LogP contribution in [0.4, 0.5) is 38.5 Å². The number of hydrogen-bond acceptors (Lipinski definition) is 2. The Labute approximate surface area is 340 Å². The van der Waals surface area contributed by atoms with Crippen LogP contribution < -0.4 is 15.0 Å². The summed E-state index contributed by atoms with van der Waals surface area (Å²) in [6, 6.07) is 69.6. The van der Waals surface area contributed by atoms with E-state index in [-0.39, 0.29) is 5.82 Å². The molecule has 0 aromatic heterocycles. The van der Waals surface area contributed by atoms with E-state index >= 15 is 0 Å². The maximum absolute atomic E-state index is 14.7. The molecule has 0 amide bonds. The highest BCUT2D eigenvalue weighted by Crippen LogP contribution is 2.66. The van der Waals surface area contributed by atoms with Crippen LogP contribution in [0.1, 0.15) is 22.3 Å². The Morgan fingerprint density at radius 1 is 0.466 bits per heavy atom. The van der Waals surface area contributed by atoms with E-state index < -0.39 is 13.5 Å². The summed E-state index contributed by atoms with van der Waals surface area (Å²) in [4.78, 5) is 4.77. The quantitative estimate of drug-likeness (QED) is 0.161. The minimum absolute atomic E-state index is 0.253. The maximum Gasteiger partial charge on any atom is 0.123 e. The summed E-state index contributed by atoms with van der Waals surface area (Å²) in [5, 5.41) is 6.19.